The van der Waals surface area contributed by atoms with E-state index in [9.17, 15) is 14.3 Å². The number of aromatic nitrogens is 4. The van der Waals surface area contributed by atoms with Crippen molar-refractivity contribution in [2.75, 3.05) is 4.90 Å². The molecule has 3 aromatic rings. The molecule has 3 saturated carbocycles. The van der Waals surface area contributed by atoms with Crippen LogP contribution in [0, 0.1) is 17.7 Å². The summed E-state index contributed by atoms with van der Waals surface area (Å²) >= 11 is 0. The molecule has 1 aliphatic heterocycles. The Labute approximate surface area is 194 Å². The monoisotopic (exact) mass is 464 g/mol. The van der Waals surface area contributed by atoms with Gasteiger partial charge in [0.25, 0.3) is 5.91 Å². The molecule has 4 heterocycles. The van der Waals surface area contributed by atoms with Crippen LogP contribution in [0.4, 0.5) is 10.2 Å². The third-order valence-corrected chi connectivity index (χ3v) is 7.88. The zero-order valence-electron chi connectivity index (χ0n) is 18.5. The number of carbonyl (C=O) groups is 1. The van der Waals surface area contributed by atoms with E-state index in [2.05, 4.69) is 15.4 Å². The van der Waals surface area contributed by atoms with Gasteiger partial charge in [0.2, 0.25) is 5.88 Å². The van der Waals surface area contributed by atoms with Crippen molar-refractivity contribution in [2.24, 2.45) is 11.8 Å². The normalized spacial score (nSPS) is 28.9. The van der Waals surface area contributed by atoms with Crippen molar-refractivity contribution in [3.8, 4) is 11.6 Å². The predicted molar refractivity (Wildman–Crippen MR) is 119 cm³/mol. The number of halogens is 1. The Hall–Kier alpha value is -3.43. The third-order valence-electron chi connectivity index (χ3n) is 7.88. The van der Waals surface area contributed by atoms with Gasteiger partial charge in [-0.15, -0.1) is 0 Å². The summed E-state index contributed by atoms with van der Waals surface area (Å²) < 4.78 is 21.7. The molecule has 176 valence electrons. The van der Waals surface area contributed by atoms with Crippen molar-refractivity contribution in [3.63, 3.8) is 0 Å². The zero-order valence-corrected chi connectivity index (χ0v) is 18.5. The molecule has 4 aliphatic rings. The Morgan fingerprint density at radius 3 is 2.94 bits per heavy atom. The lowest BCUT2D eigenvalue weighted by Crippen LogP contribution is -2.46. The van der Waals surface area contributed by atoms with E-state index in [-0.39, 0.29) is 36.5 Å². The second-order valence-electron chi connectivity index (χ2n) is 10.1. The molecule has 1 unspecified atom stereocenters. The third kappa shape index (κ3) is 3.19. The van der Waals surface area contributed by atoms with Crippen LogP contribution >= 0.6 is 0 Å². The van der Waals surface area contributed by atoms with Gasteiger partial charge in [-0.2, -0.15) is 5.10 Å². The number of ether oxygens (including phenoxy) is 1. The van der Waals surface area contributed by atoms with Crippen LogP contribution in [0.5, 0.6) is 11.6 Å². The number of nitrogens with one attached hydrogen (secondary N) is 1. The first kappa shape index (κ1) is 20.0. The fourth-order valence-electron chi connectivity index (χ4n) is 6.12. The maximum absolute atomic E-state index is 13.9. The maximum Gasteiger partial charge on any atom is 0.256 e. The minimum atomic E-state index is -0.507. The van der Waals surface area contributed by atoms with Crippen molar-refractivity contribution in [1.82, 2.24) is 24.9 Å². The molecule has 0 spiro atoms. The maximum atomic E-state index is 13.9. The quantitative estimate of drug-likeness (QED) is 0.612. The number of hydrogen-bond acceptors (Lipinski definition) is 7. The number of aromatic hydroxyl groups is 1. The Morgan fingerprint density at radius 2 is 2.09 bits per heavy atom. The van der Waals surface area contributed by atoms with E-state index < -0.39 is 5.82 Å². The average Bonchev–Trinajstić information content (AvgIpc) is 3.18. The van der Waals surface area contributed by atoms with Crippen molar-refractivity contribution in [1.29, 1.82) is 0 Å². The summed E-state index contributed by atoms with van der Waals surface area (Å²) in [6.45, 7) is 0.234. The molecule has 5 atom stereocenters. The van der Waals surface area contributed by atoms with Gasteiger partial charge >= 0.3 is 0 Å². The molecular formula is C24H25FN6O3. The Kier molecular flexibility index (Phi) is 4.28. The van der Waals surface area contributed by atoms with E-state index in [0.717, 1.165) is 50.1 Å². The number of anilines is 1. The van der Waals surface area contributed by atoms with Crippen LogP contribution in [0.15, 0.2) is 24.7 Å². The Morgan fingerprint density at radius 1 is 1.24 bits per heavy atom. The fourth-order valence-corrected chi connectivity index (χ4v) is 6.12. The molecule has 1 amide bonds. The Bertz CT molecular complexity index is 1300. The number of fused-ring (bicyclic) bond motifs is 4. The van der Waals surface area contributed by atoms with Gasteiger partial charge in [-0.1, -0.05) is 0 Å². The highest BCUT2D eigenvalue weighted by Gasteiger charge is 2.46. The summed E-state index contributed by atoms with van der Waals surface area (Å²) in [6.07, 6.45) is 10.5. The fraction of sp³-hybridized carbons (Fsp3) is 0.500. The summed E-state index contributed by atoms with van der Waals surface area (Å²) in [6, 6.07) is 1.55. The van der Waals surface area contributed by atoms with Gasteiger partial charge in [0.15, 0.2) is 17.2 Å². The first-order valence-corrected chi connectivity index (χ1v) is 12.0. The summed E-state index contributed by atoms with van der Waals surface area (Å²) in [5.41, 5.74) is 1.25. The predicted octanol–water partition coefficient (Wildman–Crippen LogP) is 2.82. The van der Waals surface area contributed by atoms with Crippen molar-refractivity contribution < 1.29 is 19.0 Å². The molecule has 0 saturated heterocycles. The van der Waals surface area contributed by atoms with E-state index in [1.54, 1.807) is 16.9 Å². The van der Waals surface area contributed by atoms with Gasteiger partial charge in [0.1, 0.15) is 17.5 Å². The smallest absolute Gasteiger partial charge is 0.256 e. The molecule has 7 rings (SSSR count). The molecule has 34 heavy (non-hydrogen) atoms. The first-order chi connectivity index (χ1) is 16.5. The molecule has 9 nitrogen and oxygen atoms in total. The molecule has 0 bridgehead atoms. The molecule has 3 fully saturated rings. The number of carbonyl (C=O) groups excluding carboxylic acids is 1. The van der Waals surface area contributed by atoms with Crippen LogP contribution in [0.2, 0.25) is 0 Å². The first-order valence-electron chi connectivity index (χ1n) is 12.0. The number of pyridine rings is 1. The molecule has 3 aromatic heterocycles. The van der Waals surface area contributed by atoms with Crippen molar-refractivity contribution in [2.45, 2.75) is 63.3 Å². The van der Waals surface area contributed by atoms with Crippen LogP contribution in [-0.2, 0) is 6.54 Å². The molecular weight excluding hydrogens is 439 g/mol. The van der Waals surface area contributed by atoms with Crippen LogP contribution < -0.4 is 15.0 Å². The zero-order chi connectivity index (χ0) is 23.0. The minimum absolute atomic E-state index is 0.0254. The summed E-state index contributed by atoms with van der Waals surface area (Å²) in [5, 5.41) is 17.8. The largest absolute Gasteiger partial charge is 0.493 e. The summed E-state index contributed by atoms with van der Waals surface area (Å²) in [4.78, 5) is 23.7. The van der Waals surface area contributed by atoms with Crippen LogP contribution in [0.1, 0.15) is 54.4 Å². The van der Waals surface area contributed by atoms with Crippen LogP contribution in [0.25, 0.3) is 5.65 Å². The van der Waals surface area contributed by atoms with Crippen LogP contribution in [-0.4, -0.2) is 48.8 Å². The van der Waals surface area contributed by atoms with Crippen molar-refractivity contribution in [3.05, 3.63) is 41.6 Å². The summed E-state index contributed by atoms with van der Waals surface area (Å²) in [5.74, 6) is 1.80. The topological polar surface area (TPSA) is 105 Å². The number of hydrogen-bond donors (Lipinski definition) is 2. The highest BCUT2D eigenvalue weighted by Crippen LogP contribution is 2.51. The van der Waals surface area contributed by atoms with E-state index in [0.29, 0.717) is 28.3 Å². The van der Waals surface area contributed by atoms with Gasteiger partial charge in [-0.3, -0.25) is 4.79 Å². The summed E-state index contributed by atoms with van der Waals surface area (Å²) in [7, 11) is 0. The van der Waals surface area contributed by atoms with Gasteiger partial charge in [0.05, 0.1) is 31.2 Å². The lowest BCUT2D eigenvalue weighted by atomic mass is 10.1. The standard InChI is InChI=1S/C24H25FN6O3/c25-15-5-14(23(32)26-8-15)10-30-18-2-1-3-19(18)34-20-11-31-21(29-22(20)30)17(9-27-31)24(33)28-16-6-12-4-13(12)7-16/h5,8-9,11-13,16,18-19H,1-4,6-7,10H2,(H,26,32)(H,28,33)/t12-,13?,16+,18-,19+/m1/s1. The van der Waals surface area contributed by atoms with Crippen LogP contribution in [0.3, 0.4) is 0 Å². The second kappa shape index (κ2) is 7.28. The number of rotatable bonds is 4. The minimum Gasteiger partial charge on any atom is -0.493 e. The van der Waals surface area contributed by atoms with E-state index >= 15 is 0 Å². The number of nitrogens with zero attached hydrogens (tertiary/aromatic N) is 5. The average molecular weight is 465 g/mol. The lowest BCUT2D eigenvalue weighted by molar-refractivity contribution is 0.0937. The second-order valence-corrected chi connectivity index (χ2v) is 10.1. The van der Waals surface area contributed by atoms with E-state index in [1.165, 1.54) is 12.5 Å². The molecule has 10 heteroatoms. The van der Waals surface area contributed by atoms with Gasteiger partial charge in [-0.25, -0.2) is 18.9 Å². The van der Waals surface area contributed by atoms with Crippen molar-refractivity contribution >= 4 is 17.4 Å². The Balaban J connectivity index is 1.25. The molecule has 2 N–H and O–H groups in total. The molecule has 3 aliphatic carbocycles. The van der Waals surface area contributed by atoms with Gasteiger partial charge < -0.3 is 20.1 Å². The number of amides is 1. The van der Waals surface area contributed by atoms with E-state index in [4.69, 9.17) is 9.72 Å². The molecule has 0 aromatic carbocycles. The van der Waals surface area contributed by atoms with E-state index in [1.807, 2.05) is 4.90 Å². The lowest BCUT2D eigenvalue weighted by Gasteiger charge is -2.39. The van der Waals surface area contributed by atoms with Gasteiger partial charge in [-0.05, 0) is 56.4 Å². The highest BCUT2D eigenvalue weighted by molar-refractivity contribution is 6.00. The highest BCUT2D eigenvalue weighted by atomic mass is 19.1. The van der Waals surface area contributed by atoms with Gasteiger partial charge in [0, 0.05) is 11.6 Å². The molecule has 0 radical (unpaired) electrons. The SMILES string of the molecule is O=C(N[C@@H]1CC2C[C@@H]2C1)c1cnn2cc3c(nc12)N(Cc1cc(F)cnc1O)[C@@H]1CCC[C@@H]1O3.